The molecule has 2 heterocycles. The maximum atomic E-state index is 14.0. The van der Waals surface area contributed by atoms with E-state index in [-0.39, 0.29) is 42.0 Å². The molecule has 1 N–H and O–H groups in total. The van der Waals surface area contributed by atoms with E-state index in [1.807, 2.05) is 30.9 Å². The maximum absolute atomic E-state index is 14.0. The molecule has 0 radical (unpaired) electrons. The Morgan fingerprint density at radius 2 is 1.82 bits per heavy atom. The Morgan fingerprint density at radius 3 is 2.52 bits per heavy atom. The standard InChI is InChI=1S/C31H36F3N3O3/c1-20(2)37(22-10-8-16-35-18-22)30(38)26-17-28(39-19-21-9-3-6-14-25(21)31(32,33)34)24-13-7-15-27(29(24)36-26)40-23-11-4-5-12-23/h3,6-7,9,13-15,17,20,22-23,35H,4-5,8,10-12,16,18-19H2,1-2H3/t22-/m1/s1. The molecule has 5 rings (SSSR count). The molecular formula is C31H36F3N3O3. The first kappa shape index (κ1) is 28.2. The molecule has 2 aromatic carbocycles. The molecule has 214 valence electrons. The van der Waals surface area contributed by atoms with Crippen molar-refractivity contribution in [2.45, 2.75) is 83.3 Å². The van der Waals surface area contributed by atoms with Gasteiger partial charge in [-0.1, -0.05) is 24.3 Å². The summed E-state index contributed by atoms with van der Waals surface area (Å²) in [5.41, 5.74) is -0.0628. The molecule has 2 aliphatic rings. The minimum Gasteiger partial charge on any atom is -0.488 e. The van der Waals surface area contributed by atoms with E-state index >= 15 is 0 Å². The lowest BCUT2D eigenvalue weighted by atomic mass is 10.0. The number of alkyl halides is 3. The fourth-order valence-electron chi connectivity index (χ4n) is 5.80. The number of para-hydroxylation sites is 1. The first-order valence-corrected chi connectivity index (χ1v) is 14.1. The van der Waals surface area contributed by atoms with Crippen molar-refractivity contribution in [1.29, 1.82) is 0 Å². The molecule has 1 aliphatic carbocycles. The summed E-state index contributed by atoms with van der Waals surface area (Å²) in [5, 5.41) is 3.96. The number of amides is 1. The van der Waals surface area contributed by atoms with Crippen LogP contribution in [-0.2, 0) is 12.8 Å². The Balaban J connectivity index is 1.55. The molecule has 1 amide bonds. The Bertz CT molecular complexity index is 1330. The van der Waals surface area contributed by atoms with Gasteiger partial charge in [-0.2, -0.15) is 13.2 Å². The number of aromatic nitrogens is 1. The highest BCUT2D eigenvalue weighted by molar-refractivity contribution is 5.98. The predicted octanol–water partition coefficient (Wildman–Crippen LogP) is 6.76. The Hall–Kier alpha value is -3.33. The number of nitrogens with zero attached hydrogens (tertiary/aromatic N) is 2. The third-order valence-corrected chi connectivity index (χ3v) is 7.74. The van der Waals surface area contributed by atoms with Gasteiger partial charge >= 0.3 is 6.18 Å². The summed E-state index contributed by atoms with van der Waals surface area (Å²) in [7, 11) is 0. The van der Waals surface area contributed by atoms with Gasteiger partial charge in [0, 0.05) is 35.6 Å². The number of pyridine rings is 1. The van der Waals surface area contributed by atoms with Crippen LogP contribution in [0.4, 0.5) is 13.2 Å². The monoisotopic (exact) mass is 555 g/mol. The van der Waals surface area contributed by atoms with Crippen molar-refractivity contribution in [3.63, 3.8) is 0 Å². The third kappa shape index (κ3) is 6.19. The van der Waals surface area contributed by atoms with Crippen LogP contribution in [0.2, 0.25) is 0 Å². The highest BCUT2D eigenvalue weighted by Crippen LogP contribution is 2.36. The van der Waals surface area contributed by atoms with E-state index in [0.29, 0.717) is 28.9 Å². The van der Waals surface area contributed by atoms with Crippen LogP contribution in [0.3, 0.4) is 0 Å². The van der Waals surface area contributed by atoms with Gasteiger partial charge in [0.2, 0.25) is 0 Å². The average molecular weight is 556 g/mol. The fraction of sp³-hybridized carbons (Fsp3) is 0.484. The smallest absolute Gasteiger partial charge is 0.416 e. The summed E-state index contributed by atoms with van der Waals surface area (Å²) >= 11 is 0. The molecule has 9 heteroatoms. The van der Waals surface area contributed by atoms with Gasteiger partial charge < -0.3 is 19.7 Å². The fourth-order valence-corrected chi connectivity index (χ4v) is 5.80. The number of hydrogen-bond acceptors (Lipinski definition) is 5. The van der Waals surface area contributed by atoms with E-state index in [1.165, 1.54) is 12.1 Å². The van der Waals surface area contributed by atoms with Gasteiger partial charge in [-0.15, -0.1) is 0 Å². The molecule has 1 saturated carbocycles. The molecule has 0 spiro atoms. The average Bonchev–Trinajstić information content (AvgIpc) is 3.45. The summed E-state index contributed by atoms with van der Waals surface area (Å²) in [4.78, 5) is 20.6. The summed E-state index contributed by atoms with van der Waals surface area (Å²) in [6.45, 7) is 5.27. The van der Waals surface area contributed by atoms with E-state index in [0.717, 1.165) is 51.1 Å². The van der Waals surface area contributed by atoms with Gasteiger partial charge in [0.25, 0.3) is 5.91 Å². The highest BCUT2D eigenvalue weighted by Gasteiger charge is 2.33. The van der Waals surface area contributed by atoms with Gasteiger partial charge in [-0.25, -0.2) is 4.98 Å². The number of ether oxygens (including phenoxy) is 2. The molecule has 1 aromatic heterocycles. The molecule has 1 aliphatic heterocycles. The van der Waals surface area contributed by atoms with E-state index in [2.05, 4.69) is 5.32 Å². The summed E-state index contributed by atoms with van der Waals surface area (Å²) in [5.74, 6) is 0.615. The number of benzene rings is 2. The minimum atomic E-state index is -4.50. The van der Waals surface area contributed by atoms with Crippen molar-refractivity contribution >= 4 is 16.8 Å². The Labute approximate surface area is 232 Å². The molecule has 3 aromatic rings. The van der Waals surface area contributed by atoms with Crippen LogP contribution in [0.5, 0.6) is 11.5 Å². The van der Waals surface area contributed by atoms with E-state index in [9.17, 15) is 18.0 Å². The molecule has 0 bridgehead atoms. The molecule has 40 heavy (non-hydrogen) atoms. The van der Waals surface area contributed by atoms with Crippen molar-refractivity contribution in [3.8, 4) is 11.5 Å². The number of fused-ring (bicyclic) bond motifs is 1. The lowest BCUT2D eigenvalue weighted by molar-refractivity contribution is -0.138. The number of carbonyl (C=O) groups excluding carboxylic acids is 1. The number of rotatable bonds is 8. The minimum absolute atomic E-state index is 0.0169. The van der Waals surface area contributed by atoms with Crippen molar-refractivity contribution in [2.24, 2.45) is 0 Å². The first-order chi connectivity index (χ1) is 19.2. The summed E-state index contributed by atoms with van der Waals surface area (Å²) < 4.78 is 53.3. The van der Waals surface area contributed by atoms with Crippen LogP contribution < -0.4 is 14.8 Å². The van der Waals surface area contributed by atoms with Crippen LogP contribution in [-0.4, -0.2) is 47.1 Å². The quantitative estimate of drug-likeness (QED) is 0.333. The van der Waals surface area contributed by atoms with E-state index < -0.39 is 11.7 Å². The van der Waals surface area contributed by atoms with Crippen LogP contribution in [0.1, 0.15) is 74.0 Å². The molecule has 1 atom stereocenters. The molecular weight excluding hydrogens is 519 g/mol. The zero-order valence-electron chi connectivity index (χ0n) is 23.0. The van der Waals surface area contributed by atoms with Gasteiger partial charge in [0.1, 0.15) is 29.3 Å². The number of piperidine rings is 1. The van der Waals surface area contributed by atoms with Crippen LogP contribution in [0, 0.1) is 0 Å². The third-order valence-electron chi connectivity index (χ3n) is 7.74. The van der Waals surface area contributed by atoms with E-state index in [1.54, 1.807) is 18.2 Å². The van der Waals surface area contributed by atoms with Crippen LogP contribution in [0.25, 0.3) is 10.9 Å². The second-order valence-corrected chi connectivity index (χ2v) is 10.9. The summed E-state index contributed by atoms with van der Waals surface area (Å²) in [6.07, 6.45) is 1.50. The number of halogens is 3. The Kier molecular flexibility index (Phi) is 8.49. The van der Waals surface area contributed by atoms with Gasteiger partial charge in [-0.05, 0) is 77.1 Å². The van der Waals surface area contributed by atoms with Crippen molar-refractivity contribution in [3.05, 3.63) is 65.4 Å². The number of hydrogen-bond donors (Lipinski definition) is 1. The van der Waals surface area contributed by atoms with Crippen molar-refractivity contribution in [1.82, 2.24) is 15.2 Å². The highest BCUT2D eigenvalue weighted by atomic mass is 19.4. The second kappa shape index (κ2) is 12.0. The normalized spacial score (nSPS) is 18.3. The Morgan fingerprint density at radius 1 is 1.05 bits per heavy atom. The van der Waals surface area contributed by atoms with Crippen LogP contribution in [0.15, 0.2) is 48.5 Å². The van der Waals surface area contributed by atoms with Gasteiger partial charge in [-0.3, -0.25) is 4.79 Å². The number of nitrogens with one attached hydrogen (secondary N) is 1. The SMILES string of the molecule is CC(C)N(C(=O)c1cc(OCc2ccccc2C(F)(F)F)c2cccc(OC3CCCC3)c2n1)[C@@H]1CCCNC1. The summed E-state index contributed by atoms with van der Waals surface area (Å²) in [6, 6.07) is 12.3. The van der Waals surface area contributed by atoms with Crippen molar-refractivity contribution < 1.29 is 27.4 Å². The van der Waals surface area contributed by atoms with Gasteiger partial charge in [0.05, 0.1) is 11.7 Å². The van der Waals surface area contributed by atoms with Gasteiger partial charge in [0.15, 0.2) is 0 Å². The lowest BCUT2D eigenvalue weighted by Gasteiger charge is -2.37. The first-order valence-electron chi connectivity index (χ1n) is 14.1. The molecule has 6 nitrogen and oxygen atoms in total. The van der Waals surface area contributed by atoms with E-state index in [4.69, 9.17) is 14.5 Å². The topological polar surface area (TPSA) is 63.7 Å². The van der Waals surface area contributed by atoms with Crippen LogP contribution >= 0.6 is 0 Å². The molecule has 2 fully saturated rings. The second-order valence-electron chi connectivity index (χ2n) is 10.9. The molecule has 1 saturated heterocycles. The zero-order valence-corrected chi connectivity index (χ0v) is 23.0. The molecule has 0 unspecified atom stereocenters. The predicted molar refractivity (Wildman–Crippen MR) is 148 cm³/mol. The zero-order chi connectivity index (χ0) is 28.3. The number of carbonyl (C=O) groups is 1. The largest absolute Gasteiger partial charge is 0.488 e. The van der Waals surface area contributed by atoms with Crippen molar-refractivity contribution in [2.75, 3.05) is 13.1 Å². The maximum Gasteiger partial charge on any atom is 0.416 e. The lowest BCUT2D eigenvalue weighted by Crippen LogP contribution is -2.51.